The van der Waals surface area contributed by atoms with Crippen LogP contribution >= 0.6 is 0 Å². The molecule has 0 rings (SSSR count). The van der Waals surface area contributed by atoms with Gasteiger partial charge in [0.1, 0.15) is 11.8 Å². The van der Waals surface area contributed by atoms with Crippen molar-refractivity contribution in [3.8, 4) is 0 Å². The Labute approximate surface area is 276 Å². The second kappa shape index (κ2) is 28.3. The van der Waals surface area contributed by atoms with E-state index in [1.54, 1.807) is 6.92 Å². The van der Waals surface area contributed by atoms with Crippen molar-refractivity contribution >= 4 is 17.9 Å². The fraction of sp³-hybridized carbons (Fsp3) is 0.868. The lowest BCUT2D eigenvalue weighted by Gasteiger charge is -2.43. The number of unbranched alkanes of at least 4 members (excludes halogenated alkanes) is 18. The SMILES string of the molecule is CCCCCCCCCCCCCCCCCCCC/C=C/C[N+](CC(CC)C(=O)[O-])(CC(CC)C(=O)O)CC(CC)C(=O)O. The Morgan fingerprint density at radius 1 is 0.533 bits per heavy atom. The fourth-order valence-electron chi connectivity index (χ4n) is 6.56. The van der Waals surface area contributed by atoms with Gasteiger partial charge in [0, 0.05) is 5.92 Å². The molecule has 2 N–H and O–H groups in total. The second-order valence-corrected chi connectivity index (χ2v) is 13.7. The number of quaternary nitrogens is 1. The summed E-state index contributed by atoms with van der Waals surface area (Å²) in [5.41, 5.74) is 0. The van der Waals surface area contributed by atoms with Gasteiger partial charge >= 0.3 is 11.9 Å². The Balaban J connectivity index is 4.56. The minimum atomic E-state index is -1.16. The minimum Gasteiger partial charge on any atom is -0.550 e. The van der Waals surface area contributed by atoms with Crippen molar-refractivity contribution in [1.82, 2.24) is 0 Å². The number of carbonyl (C=O) groups excluding carboxylic acids is 1. The highest BCUT2D eigenvalue weighted by molar-refractivity contribution is 5.71. The van der Waals surface area contributed by atoms with Crippen molar-refractivity contribution in [3.05, 3.63) is 12.2 Å². The number of carboxylic acid groups (broad SMARTS) is 3. The van der Waals surface area contributed by atoms with Crippen LogP contribution in [0.25, 0.3) is 0 Å². The maximum Gasteiger partial charge on any atom is 0.312 e. The zero-order valence-corrected chi connectivity index (χ0v) is 29.7. The maximum absolute atomic E-state index is 12.0. The molecule has 0 aliphatic carbocycles. The molecule has 0 aromatic heterocycles. The first-order chi connectivity index (χ1) is 21.7. The molecule has 0 heterocycles. The Kier molecular flexibility index (Phi) is 27.2. The molecule has 3 atom stereocenters. The van der Waals surface area contributed by atoms with Gasteiger partial charge in [0.25, 0.3) is 0 Å². The lowest BCUT2D eigenvalue weighted by Crippen LogP contribution is -2.59. The topological polar surface area (TPSA) is 115 Å². The Morgan fingerprint density at radius 2 is 0.867 bits per heavy atom. The van der Waals surface area contributed by atoms with E-state index in [2.05, 4.69) is 13.0 Å². The van der Waals surface area contributed by atoms with Crippen LogP contribution in [0.3, 0.4) is 0 Å². The molecule has 0 amide bonds. The van der Waals surface area contributed by atoms with Gasteiger partial charge in [-0.05, 0) is 38.2 Å². The van der Waals surface area contributed by atoms with Crippen molar-refractivity contribution in [2.45, 2.75) is 169 Å². The smallest absolute Gasteiger partial charge is 0.312 e. The Bertz CT molecular complexity index is 722. The predicted octanol–water partition coefficient (Wildman–Crippen LogP) is 8.79. The van der Waals surface area contributed by atoms with Crippen LogP contribution in [0.15, 0.2) is 12.2 Å². The van der Waals surface area contributed by atoms with Crippen LogP contribution in [0.5, 0.6) is 0 Å². The number of hydrogen-bond acceptors (Lipinski definition) is 4. The average Bonchev–Trinajstić information content (AvgIpc) is 3.01. The Hall–Kier alpha value is -1.89. The number of rotatable bonds is 33. The van der Waals surface area contributed by atoms with Crippen LogP contribution in [0.4, 0.5) is 0 Å². The molecule has 7 nitrogen and oxygen atoms in total. The summed E-state index contributed by atoms with van der Waals surface area (Å²) in [7, 11) is 0. The maximum atomic E-state index is 12.0. The molecular weight excluding hydrogens is 566 g/mol. The van der Waals surface area contributed by atoms with Crippen molar-refractivity contribution in [2.24, 2.45) is 17.8 Å². The third kappa shape index (κ3) is 22.3. The largest absolute Gasteiger partial charge is 0.550 e. The third-order valence-electron chi connectivity index (χ3n) is 9.72. The van der Waals surface area contributed by atoms with Crippen LogP contribution in [0.1, 0.15) is 169 Å². The highest BCUT2D eigenvalue weighted by Gasteiger charge is 2.38. The third-order valence-corrected chi connectivity index (χ3v) is 9.72. The van der Waals surface area contributed by atoms with Crippen LogP contribution in [0, 0.1) is 17.8 Å². The zero-order valence-electron chi connectivity index (χ0n) is 29.7. The van der Waals surface area contributed by atoms with Gasteiger partial charge in [0.2, 0.25) is 0 Å². The molecule has 0 saturated carbocycles. The van der Waals surface area contributed by atoms with Crippen LogP contribution in [0.2, 0.25) is 0 Å². The average molecular weight is 638 g/mol. The van der Waals surface area contributed by atoms with E-state index < -0.39 is 35.7 Å². The molecule has 7 heteroatoms. The second-order valence-electron chi connectivity index (χ2n) is 13.7. The van der Waals surface area contributed by atoms with E-state index in [4.69, 9.17) is 0 Å². The molecule has 0 aromatic carbocycles. The normalized spacial score (nSPS) is 15.1. The molecular formula is C38H71NO6. The van der Waals surface area contributed by atoms with Gasteiger partial charge in [-0.1, -0.05) is 143 Å². The quantitative estimate of drug-likeness (QED) is 0.0422. The lowest BCUT2D eigenvalue weighted by atomic mass is 9.96. The summed E-state index contributed by atoms with van der Waals surface area (Å²) in [6.45, 7) is 8.71. The summed E-state index contributed by atoms with van der Waals surface area (Å²) < 4.78 is 0.137. The molecule has 0 fully saturated rings. The van der Waals surface area contributed by atoms with Gasteiger partial charge in [-0.2, -0.15) is 0 Å². The number of aliphatic carboxylic acids is 3. The van der Waals surface area contributed by atoms with Crippen molar-refractivity contribution in [2.75, 3.05) is 26.2 Å². The van der Waals surface area contributed by atoms with Crippen LogP contribution in [-0.2, 0) is 14.4 Å². The van der Waals surface area contributed by atoms with E-state index in [0.717, 1.165) is 12.8 Å². The molecule has 0 bridgehead atoms. The number of carbonyl (C=O) groups is 3. The molecule has 0 aromatic rings. The lowest BCUT2D eigenvalue weighted by molar-refractivity contribution is -0.929. The molecule has 3 unspecified atom stereocenters. The summed E-state index contributed by atoms with van der Waals surface area (Å²) in [5, 5.41) is 31.5. The first kappa shape index (κ1) is 43.1. The molecule has 0 spiro atoms. The van der Waals surface area contributed by atoms with E-state index in [9.17, 15) is 29.7 Å². The Morgan fingerprint density at radius 3 is 1.18 bits per heavy atom. The summed E-state index contributed by atoms with van der Waals surface area (Å²) in [6, 6.07) is 0. The molecule has 0 radical (unpaired) electrons. The highest BCUT2D eigenvalue weighted by Crippen LogP contribution is 2.24. The minimum absolute atomic E-state index is 0.137. The zero-order chi connectivity index (χ0) is 33.8. The number of hydrogen-bond donors (Lipinski definition) is 2. The number of allylic oxidation sites excluding steroid dienone is 1. The van der Waals surface area contributed by atoms with Gasteiger partial charge < -0.3 is 24.6 Å². The van der Waals surface area contributed by atoms with Crippen molar-refractivity contribution < 1.29 is 34.2 Å². The molecule has 264 valence electrons. The van der Waals surface area contributed by atoms with E-state index in [1.165, 1.54) is 109 Å². The molecule has 0 saturated heterocycles. The summed E-state index contributed by atoms with van der Waals surface area (Å²) in [5.74, 6) is -5.10. The van der Waals surface area contributed by atoms with E-state index in [0.29, 0.717) is 25.8 Å². The van der Waals surface area contributed by atoms with Crippen LogP contribution < -0.4 is 5.11 Å². The van der Waals surface area contributed by atoms with Gasteiger partial charge in [-0.15, -0.1) is 0 Å². The summed E-state index contributed by atoms with van der Waals surface area (Å²) >= 11 is 0. The van der Waals surface area contributed by atoms with Gasteiger partial charge in [0.15, 0.2) is 0 Å². The first-order valence-electron chi connectivity index (χ1n) is 18.8. The summed E-state index contributed by atoms with van der Waals surface area (Å²) in [4.78, 5) is 35.8. The van der Waals surface area contributed by atoms with Crippen LogP contribution in [-0.4, -0.2) is 58.8 Å². The van der Waals surface area contributed by atoms with Gasteiger partial charge in [-0.3, -0.25) is 9.59 Å². The number of carboxylic acids is 3. The molecule has 45 heavy (non-hydrogen) atoms. The van der Waals surface area contributed by atoms with E-state index in [-0.39, 0.29) is 24.1 Å². The standard InChI is InChI=1S/C38H71NO6/c1-5-9-10-11-12-13-14-15-16-17-18-19-20-21-22-23-24-25-26-27-28-29-39(30-33(6-2)36(40)41,31-34(7-3)37(42)43)32-35(8-4)38(44)45/h27-28,33-35H,5-26,29-32H2,1-4H3,(H2-,40,41,42,43,44,45)/b28-27+. The van der Waals surface area contributed by atoms with Crippen molar-refractivity contribution in [3.63, 3.8) is 0 Å². The fourth-order valence-corrected chi connectivity index (χ4v) is 6.56. The number of nitrogens with zero attached hydrogens (tertiary/aromatic N) is 1. The first-order valence-corrected chi connectivity index (χ1v) is 18.8. The molecule has 0 aliphatic rings. The van der Waals surface area contributed by atoms with E-state index >= 15 is 0 Å². The highest BCUT2D eigenvalue weighted by atomic mass is 16.4. The van der Waals surface area contributed by atoms with Gasteiger partial charge in [-0.25, -0.2) is 0 Å². The predicted molar refractivity (Wildman–Crippen MR) is 184 cm³/mol. The summed E-state index contributed by atoms with van der Waals surface area (Å²) in [6.07, 6.45) is 30.4. The van der Waals surface area contributed by atoms with Gasteiger partial charge in [0.05, 0.1) is 32.1 Å². The van der Waals surface area contributed by atoms with E-state index in [1.807, 2.05) is 19.9 Å². The van der Waals surface area contributed by atoms with Crippen molar-refractivity contribution in [1.29, 1.82) is 0 Å². The molecule has 0 aliphatic heterocycles. The monoisotopic (exact) mass is 638 g/mol.